The molecule has 2 amide bonds. The summed E-state index contributed by atoms with van der Waals surface area (Å²) in [5, 5.41) is 11.8. The Morgan fingerprint density at radius 2 is 1.90 bits per heavy atom. The third-order valence-corrected chi connectivity index (χ3v) is 4.28. The van der Waals surface area contributed by atoms with E-state index in [1.165, 1.54) is 0 Å². The normalized spacial score (nSPS) is 15.9. The molecule has 1 saturated carbocycles. The molecule has 0 radical (unpaired) electrons. The quantitative estimate of drug-likeness (QED) is 0.876. The summed E-state index contributed by atoms with van der Waals surface area (Å²) in [6.45, 7) is 2.42. The molecule has 1 fully saturated rings. The maximum Gasteiger partial charge on any atom is 0.321 e. The second kappa shape index (κ2) is 6.16. The maximum absolute atomic E-state index is 12.2. The zero-order valence-corrected chi connectivity index (χ0v) is 12.6. The number of benzene rings is 1. The van der Waals surface area contributed by atoms with Crippen molar-refractivity contribution in [3.63, 3.8) is 0 Å². The van der Waals surface area contributed by atoms with Gasteiger partial charge in [0.25, 0.3) is 0 Å². The third kappa shape index (κ3) is 3.74. The van der Waals surface area contributed by atoms with Gasteiger partial charge >= 0.3 is 12.0 Å². The zero-order chi connectivity index (χ0) is 15.5. The molecule has 2 N–H and O–H groups in total. The highest BCUT2D eigenvalue weighted by Crippen LogP contribution is 2.43. The number of nitrogens with one attached hydrogen (secondary N) is 1. The van der Waals surface area contributed by atoms with Crippen molar-refractivity contribution in [2.75, 3.05) is 18.5 Å². The summed E-state index contributed by atoms with van der Waals surface area (Å²) in [4.78, 5) is 24.6. The molecule has 0 saturated heterocycles. The van der Waals surface area contributed by atoms with E-state index in [1.807, 2.05) is 31.2 Å². The molecule has 0 aliphatic heterocycles. The molecule has 21 heavy (non-hydrogen) atoms. The monoisotopic (exact) mass is 290 g/mol. The molecule has 1 aliphatic rings. The largest absolute Gasteiger partial charge is 0.481 e. The Kier molecular flexibility index (Phi) is 4.50. The minimum Gasteiger partial charge on any atom is -0.481 e. The average Bonchev–Trinajstić information content (AvgIpc) is 2.41. The van der Waals surface area contributed by atoms with Crippen molar-refractivity contribution in [2.45, 2.75) is 32.6 Å². The SMILES string of the molecule is Cc1ccc(N(C)C(=O)NCC2(CC(=O)O)CCC2)cc1. The Morgan fingerprint density at radius 3 is 2.38 bits per heavy atom. The van der Waals surface area contributed by atoms with Crippen molar-refractivity contribution < 1.29 is 14.7 Å². The number of hydrogen-bond acceptors (Lipinski definition) is 2. The number of anilines is 1. The predicted molar refractivity (Wildman–Crippen MR) is 81.5 cm³/mol. The van der Waals surface area contributed by atoms with Crippen molar-refractivity contribution in [3.05, 3.63) is 29.8 Å². The van der Waals surface area contributed by atoms with Crippen LogP contribution in [0.3, 0.4) is 0 Å². The predicted octanol–water partition coefficient (Wildman–Crippen LogP) is 2.79. The topological polar surface area (TPSA) is 69.6 Å². The van der Waals surface area contributed by atoms with Crippen LogP contribution in [-0.4, -0.2) is 30.7 Å². The van der Waals surface area contributed by atoms with Crippen molar-refractivity contribution in [1.82, 2.24) is 5.32 Å². The van der Waals surface area contributed by atoms with E-state index in [9.17, 15) is 9.59 Å². The average molecular weight is 290 g/mol. The number of aliphatic carboxylic acids is 1. The van der Waals surface area contributed by atoms with Gasteiger partial charge in [-0.15, -0.1) is 0 Å². The highest BCUT2D eigenvalue weighted by atomic mass is 16.4. The summed E-state index contributed by atoms with van der Waals surface area (Å²) < 4.78 is 0. The van der Waals surface area contributed by atoms with Crippen LogP contribution < -0.4 is 10.2 Å². The Labute approximate surface area is 125 Å². The first-order valence-corrected chi connectivity index (χ1v) is 7.22. The number of carboxylic acid groups (broad SMARTS) is 1. The van der Waals surface area contributed by atoms with Gasteiger partial charge in [-0.05, 0) is 37.3 Å². The minimum absolute atomic E-state index is 0.127. The number of hydrogen-bond donors (Lipinski definition) is 2. The van der Waals surface area contributed by atoms with Crippen LogP contribution in [0.4, 0.5) is 10.5 Å². The Balaban J connectivity index is 1.91. The van der Waals surface area contributed by atoms with Gasteiger partial charge in [-0.1, -0.05) is 24.1 Å². The van der Waals surface area contributed by atoms with Gasteiger partial charge in [0.15, 0.2) is 0 Å². The summed E-state index contributed by atoms with van der Waals surface area (Å²) in [5.41, 5.74) is 1.71. The fraction of sp³-hybridized carbons (Fsp3) is 0.500. The molecule has 0 atom stereocenters. The zero-order valence-electron chi connectivity index (χ0n) is 12.6. The Hall–Kier alpha value is -2.04. The van der Waals surface area contributed by atoms with Gasteiger partial charge in [-0.3, -0.25) is 9.69 Å². The van der Waals surface area contributed by atoms with Gasteiger partial charge in [0.1, 0.15) is 0 Å². The fourth-order valence-corrected chi connectivity index (χ4v) is 2.68. The van der Waals surface area contributed by atoms with Crippen LogP contribution in [0.15, 0.2) is 24.3 Å². The lowest BCUT2D eigenvalue weighted by atomic mass is 9.66. The lowest BCUT2D eigenvalue weighted by Gasteiger charge is -2.41. The molecule has 5 nitrogen and oxygen atoms in total. The first kappa shape index (κ1) is 15.4. The fourth-order valence-electron chi connectivity index (χ4n) is 2.68. The molecular formula is C16H22N2O3. The van der Waals surface area contributed by atoms with Crippen molar-refractivity contribution in [2.24, 2.45) is 5.41 Å². The Morgan fingerprint density at radius 1 is 1.29 bits per heavy atom. The first-order chi connectivity index (χ1) is 9.92. The second-order valence-electron chi connectivity index (χ2n) is 5.98. The van der Waals surface area contributed by atoms with E-state index >= 15 is 0 Å². The molecule has 1 aromatic carbocycles. The van der Waals surface area contributed by atoms with Gasteiger partial charge in [0, 0.05) is 19.3 Å². The molecule has 114 valence electrons. The van der Waals surface area contributed by atoms with E-state index in [0.717, 1.165) is 30.5 Å². The Bertz CT molecular complexity index is 521. The highest BCUT2D eigenvalue weighted by molar-refractivity contribution is 5.91. The molecule has 5 heteroatoms. The standard InChI is InChI=1S/C16H22N2O3/c1-12-4-6-13(7-5-12)18(2)15(21)17-11-16(8-3-9-16)10-14(19)20/h4-7H,3,8-11H2,1-2H3,(H,17,21)(H,19,20). The second-order valence-corrected chi connectivity index (χ2v) is 5.98. The van der Waals surface area contributed by atoms with E-state index in [2.05, 4.69) is 5.32 Å². The summed E-state index contributed by atoms with van der Waals surface area (Å²) in [6, 6.07) is 7.50. The van der Waals surface area contributed by atoms with Crippen LogP contribution in [0.5, 0.6) is 0 Å². The maximum atomic E-state index is 12.2. The number of urea groups is 1. The van der Waals surface area contributed by atoms with Crippen LogP contribution in [0.2, 0.25) is 0 Å². The van der Waals surface area contributed by atoms with Gasteiger partial charge < -0.3 is 10.4 Å². The van der Waals surface area contributed by atoms with Crippen molar-refractivity contribution >= 4 is 17.7 Å². The number of amides is 2. The molecule has 0 aromatic heterocycles. The van der Waals surface area contributed by atoms with Crippen LogP contribution in [0.1, 0.15) is 31.2 Å². The van der Waals surface area contributed by atoms with Crippen LogP contribution >= 0.6 is 0 Å². The van der Waals surface area contributed by atoms with E-state index in [-0.39, 0.29) is 17.9 Å². The third-order valence-electron chi connectivity index (χ3n) is 4.28. The molecule has 2 rings (SSSR count). The number of nitrogens with zero attached hydrogens (tertiary/aromatic N) is 1. The van der Waals surface area contributed by atoms with Crippen LogP contribution in [-0.2, 0) is 4.79 Å². The van der Waals surface area contributed by atoms with Crippen LogP contribution in [0, 0.1) is 12.3 Å². The van der Waals surface area contributed by atoms with E-state index in [4.69, 9.17) is 5.11 Å². The van der Waals surface area contributed by atoms with Crippen LogP contribution in [0.25, 0.3) is 0 Å². The van der Waals surface area contributed by atoms with Gasteiger partial charge in [0.2, 0.25) is 0 Å². The molecule has 1 aromatic rings. The van der Waals surface area contributed by atoms with E-state index in [0.29, 0.717) is 6.54 Å². The van der Waals surface area contributed by atoms with Crippen molar-refractivity contribution in [3.8, 4) is 0 Å². The van der Waals surface area contributed by atoms with Gasteiger partial charge in [-0.2, -0.15) is 0 Å². The first-order valence-electron chi connectivity index (χ1n) is 7.22. The van der Waals surface area contributed by atoms with Gasteiger partial charge in [-0.25, -0.2) is 4.79 Å². The summed E-state index contributed by atoms with van der Waals surface area (Å²) in [7, 11) is 1.71. The number of rotatable bonds is 5. The molecule has 0 heterocycles. The highest BCUT2D eigenvalue weighted by Gasteiger charge is 2.39. The molecular weight excluding hydrogens is 268 g/mol. The molecule has 0 bridgehead atoms. The lowest BCUT2D eigenvalue weighted by Crippen LogP contribution is -2.47. The lowest BCUT2D eigenvalue weighted by molar-refractivity contribution is -0.141. The van der Waals surface area contributed by atoms with E-state index < -0.39 is 5.97 Å². The van der Waals surface area contributed by atoms with Gasteiger partial charge in [0.05, 0.1) is 6.42 Å². The molecule has 0 unspecified atom stereocenters. The number of carbonyl (C=O) groups excluding carboxylic acids is 1. The van der Waals surface area contributed by atoms with E-state index in [1.54, 1.807) is 11.9 Å². The number of carboxylic acids is 1. The minimum atomic E-state index is -0.796. The molecule has 0 spiro atoms. The summed E-state index contributed by atoms with van der Waals surface area (Å²) in [5.74, 6) is -0.796. The smallest absolute Gasteiger partial charge is 0.321 e. The molecule has 1 aliphatic carbocycles. The number of carbonyl (C=O) groups is 2. The summed E-state index contributed by atoms with van der Waals surface area (Å²) in [6.07, 6.45) is 2.90. The van der Waals surface area contributed by atoms with Crippen molar-refractivity contribution in [1.29, 1.82) is 0 Å². The summed E-state index contributed by atoms with van der Waals surface area (Å²) >= 11 is 0. The number of aryl methyl sites for hydroxylation is 1.